The Kier molecular flexibility index (Phi) is 4.13. The molecule has 0 radical (unpaired) electrons. The molecule has 140 valence electrons. The molecular weight excluding hydrogens is 457 g/mol. The van der Waals surface area contributed by atoms with Gasteiger partial charge in [0.15, 0.2) is 5.82 Å². The highest BCUT2D eigenvalue weighted by Gasteiger charge is 2.63. The van der Waals surface area contributed by atoms with Crippen LogP contribution in [0.2, 0.25) is 10.0 Å². The van der Waals surface area contributed by atoms with Gasteiger partial charge in [0.05, 0.1) is 35.1 Å². The lowest BCUT2D eigenvalue weighted by Crippen LogP contribution is -2.34. The monoisotopic (exact) mass is 469 g/mol. The number of hydrogen-bond acceptors (Lipinski definition) is 4. The molecule has 3 aliphatic rings. The number of halogens is 3. The van der Waals surface area contributed by atoms with Crippen molar-refractivity contribution in [1.82, 2.24) is 9.78 Å². The van der Waals surface area contributed by atoms with Crippen LogP contribution in [-0.4, -0.2) is 33.8 Å². The first-order chi connectivity index (χ1) is 12.9. The minimum atomic E-state index is -0.376. The summed E-state index contributed by atoms with van der Waals surface area (Å²) in [6.07, 6.45) is 3.12. The summed E-state index contributed by atoms with van der Waals surface area (Å²) in [5.74, 6) is -0.859. The lowest BCUT2D eigenvalue weighted by Gasteiger charge is -2.15. The SMILES string of the molecule is O=C1[C@@H]2[C@@H](C(=O)N1c1nn(Cc3ccc(Cl)cc3Cl)cc1Br)[C@H]1CC[C@@H]2O1. The summed E-state index contributed by atoms with van der Waals surface area (Å²) in [4.78, 5) is 27.1. The lowest BCUT2D eigenvalue weighted by atomic mass is 9.81. The number of nitrogens with zero attached hydrogens (tertiary/aromatic N) is 3. The fourth-order valence-corrected chi connectivity index (χ4v) is 5.33. The molecule has 9 heteroatoms. The number of carbonyl (C=O) groups is 2. The maximum Gasteiger partial charge on any atom is 0.241 e. The van der Waals surface area contributed by atoms with Gasteiger partial charge in [-0.3, -0.25) is 14.3 Å². The van der Waals surface area contributed by atoms with Crippen molar-refractivity contribution in [1.29, 1.82) is 0 Å². The predicted molar refractivity (Wildman–Crippen MR) is 103 cm³/mol. The Bertz CT molecular complexity index is 951. The molecule has 2 aromatic rings. The second kappa shape index (κ2) is 6.30. The number of imide groups is 1. The van der Waals surface area contributed by atoms with Gasteiger partial charge in [0.2, 0.25) is 11.8 Å². The predicted octanol–water partition coefficient (Wildman–Crippen LogP) is 3.67. The molecule has 2 bridgehead atoms. The Balaban J connectivity index is 1.45. The van der Waals surface area contributed by atoms with Crippen LogP contribution in [0.1, 0.15) is 18.4 Å². The lowest BCUT2D eigenvalue weighted by molar-refractivity contribution is -0.124. The summed E-state index contributed by atoms with van der Waals surface area (Å²) in [5, 5.41) is 5.56. The number of amides is 2. The van der Waals surface area contributed by atoms with Crippen molar-refractivity contribution < 1.29 is 14.3 Å². The van der Waals surface area contributed by atoms with Gasteiger partial charge in [-0.2, -0.15) is 5.10 Å². The van der Waals surface area contributed by atoms with E-state index >= 15 is 0 Å². The van der Waals surface area contributed by atoms with Crippen LogP contribution in [0.15, 0.2) is 28.9 Å². The maximum absolute atomic E-state index is 12.9. The van der Waals surface area contributed by atoms with Gasteiger partial charge in [0.1, 0.15) is 0 Å². The summed E-state index contributed by atoms with van der Waals surface area (Å²) in [6, 6.07) is 5.25. The average Bonchev–Trinajstić information content (AvgIpc) is 3.36. The van der Waals surface area contributed by atoms with E-state index in [1.165, 1.54) is 4.90 Å². The van der Waals surface area contributed by atoms with Crippen molar-refractivity contribution in [3.63, 3.8) is 0 Å². The van der Waals surface area contributed by atoms with Crippen LogP contribution < -0.4 is 4.90 Å². The molecule has 5 rings (SSSR count). The van der Waals surface area contributed by atoms with Crippen molar-refractivity contribution in [3.05, 3.63) is 44.5 Å². The third-order valence-corrected chi connectivity index (χ3v) is 6.69. The van der Waals surface area contributed by atoms with Gasteiger partial charge >= 0.3 is 0 Å². The molecule has 3 saturated heterocycles. The smallest absolute Gasteiger partial charge is 0.241 e. The molecule has 6 nitrogen and oxygen atoms in total. The quantitative estimate of drug-likeness (QED) is 0.642. The maximum atomic E-state index is 12.9. The molecule has 3 fully saturated rings. The first-order valence-electron chi connectivity index (χ1n) is 8.64. The van der Waals surface area contributed by atoms with E-state index in [0.717, 1.165) is 18.4 Å². The van der Waals surface area contributed by atoms with Crippen molar-refractivity contribution in [2.24, 2.45) is 11.8 Å². The van der Waals surface area contributed by atoms with Gasteiger partial charge in [-0.15, -0.1) is 0 Å². The van der Waals surface area contributed by atoms with Gasteiger partial charge in [-0.25, -0.2) is 4.90 Å². The molecule has 3 aliphatic heterocycles. The number of rotatable bonds is 3. The molecule has 0 aliphatic carbocycles. The highest BCUT2D eigenvalue weighted by molar-refractivity contribution is 9.10. The van der Waals surface area contributed by atoms with Crippen molar-refractivity contribution in [2.45, 2.75) is 31.6 Å². The molecule has 2 amide bonds. The largest absolute Gasteiger partial charge is 0.373 e. The number of fused-ring (bicyclic) bond motifs is 5. The zero-order chi connectivity index (χ0) is 18.9. The molecule has 0 N–H and O–H groups in total. The third-order valence-electron chi connectivity index (χ3n) is 5.54. The molecule has 0 unspecified atom stereocenters. The van der Waals surface area contributed by atoms with Crippen LogP contribution in [0.5, 0.6) is 0 Å². The number of ether oxygens (including phenoxy) is 1. The minimum Gasteiger partial charge on any atom is -0.373 e. The first kappa shape index (κ1) is 17.7. The number of hydrogen-bond donors (Lipinski definition) is 0. The van der Waals surface area contributed by atoms with Crippen LogP contribution in [0, 0.1) is 11.8 Å². The summed E-state index contributed by atoms with van der Waals surface area (Å²) < 4.78 is 8.00. The standard InChI is InChI=1S/C18H14BrCl2N3O3/c19-10-7-23(6-8-1-2-9(20)5-11(8)21)22-16(10)24-17(25)14-12-3-4-13(27-12)15(14)18(24)26/h1-2,5,7,12-15H,3-4,6H2/t12-,13+,14-,15-/m0/s1. The van der Waals surface area contributed by atoms with Gasteiger partial charge in [-0.05, 0) is 46.5 Å². The summed E-state index contributed by atoms with van der Waals surface area (Å²) >= 11 is 15.6. The van der Waals surface area contributed by atoms with Crippen molar-refractivity contribution in [2.75, 3.05) is 4.90 Å². The van der Waals surface area contributed by atoms with Crippen molar-refractivity contribution >= 4 is 56.8 Å². The van der Waals surface area contributed by atoms with E-state index in [-0.39, 0.29) is 35.9 Å². The highest BCUT2D eigenvalue weighted by atomic mass is 79.9. The van der Waals surface area contributed by atoms with Crippen molar-refractivity contribution in [3.8, 4) is 0 Å². The Labute approximate surface area is 173 Å². The van der Waals surface area contributed by atoms with Crippen LogP contribution >= 0.6 is 39.1 Å². The topological polar surface area (TPSA) is 64.4 Å². The minimum absolute atomic E-state index is 0.143. The highest BCUT2D eigenvalue weighted by Crippen LogP contribution is 2.49. The molecule has 27 heavy (non-hydrogen) atoms. The Morgan fingerprint density at radius 1 is 1.15 bits per heavy atom. The van der Waals surface area contributed by atoms with E-state index in [1.54, 1.807) is 23.0 Å². The number of aromatic nitrogens is 2. The molecule has 1 aromatic carbocycles. The Hall–Kier alpha value is -1.41. The van der Waals surface area contributed by atoms with E-state index in [2.05, 4.69) is 21.0 Å². The first-order valence-corrected chi connectivity index (χ1v) is 10.2. The Morgan fingerprint density at radius 3 is 2.44 bits per heavy atom. The molecule has 1 aromatic heterocycles. The van der Waals surface area contributed by atoms with Gasteiger partial charge < -0.3 is 4.74 Å². The number of benzene rings is 1. The van der Waals surface area contributed by atoms with Gasteiger partial charge in [-0.1, -0.05) is 29.3 Å². The number of carbonyl (C=O) groups excluding carboxylic acids is 2. The molecule has 0 saturated carbocycles. The van der Waals surface area contributed by atoms with Gasteiger partial charge in [0, 0.05) is 16.2 Å². The van der Waals surface area contributed by atoms with E-state index in [4.69, 9.17) is 27.9 Å². The van der Waals surface area contributed by atoms with Crippen LogP contribution in [0.4, 0.5) is 5.82 Å². The fourth-order valence-electron chi connectivity index (χ4n) is 4.36. The van der Waals surface area contributed by atoms with E-state index in [0.29, 0.717) is 26.9 Å². The van der Waals surface area contributed by atoms with Crippen LogP contribution in [0.3, 0.4) is 0 Å². The van der Waals surface area contributed by atoms with E-state index in [9.17, 15) is 9.59 Å². The van der Waals surface area contributed by atoms with E-state index < -0.39 is 0 Å². The zero-order valence-electron chi connectivity index (χ0n) is 13.9. The van der Waals surface area contributed by atoms with E-state index in [1.807, 2.05) is 6.07 Å². The second-order valence-electron chi connectivity index (χ2n) is 7.09. The Morgan fingerprint density at radius 2 is 1.81 bits per heavy atom. The molecule has 4 heterocycles. The summed E-state index contributed by atoms with van der Waals surface area (Å²) in [7, 11) is 0. The molecule has 4 atom stereocenters. The summed E-state index contributed by atoms with van der Waals surface area (Å²) in [6.45, 7) is 0.395. The number of anilines is 1. The molecular formula is C18H14BrCl2N3O3. The normalized spacial score (nSPS) is 29.1. The van der Waals surface area contributed by atoms with Crippen LogP contribution in [-0.2, 0) is 20.9 Å². The van der Waals surface area contributed by atoms with Crippen LogP contribution in [0.25, 0.3) is 0 Å². The zero-order valence-corrected chi connectivity index (χ0v) is 17.0. The summed E-state index contributed by atoms with van der Waals surface area (Å²) in [5.41, 5.74) is 0.838. The molecule has 0 spiro atoms. The second-order valence-corrected chi connectivity index (χ2v) is 8.79. The van der Waals surface area contributed by atoms with Gasteiger partial charge in [0.25, 0.3) is 0 Å². The fraction of sp³-hybridized carbons (Fsp3) is 0.389. The average molecular weight is 471 g/mol. The third kappa shape index (κ3) is 2.67.